The Kier molecular flexibility index (Phi) is 3.01. The van der Waals surface area contributed by atoms with Crippen LogP contribution < -0.4 is 10.6 Å². The van der Waals surface area contributed by atoms with Crippen molar-refractivity contribution in [3.05, 3.63) is 24.5 Å². The van der Waals surface area contributed by atoms with E-state index in [2.05, 4.69) is 28.7 Å². The molecule has 5 heteroatoms. The van der Waals surface area contributed by atoms with Crippen LogP contribution in [-0.2, 0) is 0 Å². The zero-order chi connectivity index (χ0) is 13.5. The first kappa shape index (κ1) is 12.5. The lowest BCUT2D eigenvalue weighted by molar-refractivity contribution is 0.643. The number of nitrogens with two attached hydrogens (primary N) is 1. The first-order valence-corrected chi connectivity index (χ1v) is 7.43. The SMILES string of the molecule is CC1(C)CN(c2ncnc3cc(N)ccc23)CCS1. The Morgan fingerprint density at radius 3 is 2.95 bits per heavy atom. The zero-order valence-electron chi connectivity index (χ0n) is 11.3. The number of hydrogen-bond acceptors (Lipinski definition) is 5. The second-order valence-corrected chi connectivity index (χ2v) is 7.31. The maximum absolute atomic E-state index is 5.82. The molecule has 1 aliphatic heterocycles. The van der Waals surface area contributed by atoms with Gasteiger partial charge in [-0.1, -0.05) is 0 Å². The van der Waals surface area contributed by atoms with Crippen LogP contribution in [0.1, 0.15) is 13.8 Å². The van der Waals surface area contributed by atoms with E-state index in [1.54, 1.807) is 6.33 Å². The van der Waals surface area contributed by atoms with Gasteiger partial charge >= 0.3 is 0 Å². The summed E-state index contributed by atoms with van der Waals surface area (Å²) in [5.41, 5.74) is 7.48. The summed E-state index contributed by atoms with van der Waals surface area (Å²) in [6.07, 6.45) is 1.63. The highest BCUT2D eigenvalue weighted by Gasteiger charge is 2.28. The van der Waals surface area contributed by atoms with Gasteiger partial charge in [0, 0.05) is 34.7 Å². The lowest BCUT2D eigenvalue weighted by atomic mass is 10.1. The predicted octanol–water partition coefficient (Wildman–Crippen LogP) is 2.54. The maximum Gasteiger partial charge on any atom is 0.139 e. The van der Waals surface area contributed by atoms with E-state index in [9.17, 15) is 0 Å². The van der Waals surface area contributed by atoms with E-state index in [1.165, 1.54) is 0 Å². The summed E-state index contributed by atoms with van der Waals surface area (Å²) in [5, 5.41) is 1.08. The van der Waals surface area contributed by atoms with Gasteiger partial charge in [-0.2, -0.15) is 11.8 Å². The molecule has 0 saturated carbocycles. The van der Waals surface area contributed by atoms with E-state index >= 15 is 0 Å². The largest absolute Gasteiger partial charge is 0.399 e. The van der Waals surface area contributed by atoms with Crippen molar-refractivity contribution in [3.8, 4) is 0 Å². The van der Waals surface area contributed by atoms with Crippen molar-refractivity contribution >= 4 is 34.2 Å². The highest BCUT2D eigenvalue weighted by molar-refractivity contribution is 8.00. The van der Waals surface area contributed by atoms with Crippen LogP contribution in [-0.4, -0.2) is 33.6 Å². The fourth-order valence-electron chi connectivity index (χ4n) is 2.51. The van der Waals surface area contributed by atoms with Crippen LogP contribution >= 0.6 is 11.8 Å². The Balaban J connectivity index is 2.05. The average Bonchev–Trinajstić information content (AvgIpc) is 2.36. The molecule has 3 rings (SSSR count). The van der Waals surface area contributed by atoms with Gasteiger partial charge in [0.25, 0.3) is 0 Å². The first-order chi connectivity index (χ1) is 9.05. The number of anilines is 2. The number of hydrogen-bond donors (Lipinski definition) is 1. The molecule has 1 saturated heterocycles. The number of aromatic nitrogens is 2. The molecule has 0 aliphatic carbocycles. The average molecular weight is 274 g/mol. The molecular formula is C14H18N4S. The summed E-state index contributed by atoms with van der Waals surface area (Å²) in [6, 6.07) is 5.85. The molecule has 0 bridgehead atoms. The summed E-state index contributed by atoms with van der Waals surface area (Å²) >= 11 is 2.02. The Bertz CT molecular complexity index is 611. The summed E-state index contributed by atoms with van der Waals surface area (Å²) in [7, 11) is 0. The monoisotopic (exact) mass is 274 g/mol. The minimum atomic E-state index is 0.267. The number of fused-ring (bicyclic) bond motifs is 1. The molecule has 0 amide bonds. The van der Waals surface area contributed by atoms with Crippen LogP contribution in [0.4, 0.5) is 11.5 Å². The standard InChI is InChI=1S/C14H18N4S/c1-14(2)8-18(5-6-19-14)13-11-4-3-10(15)7-12(11)16-9-17-13/h3-4,7,9H,5-6,8,15H2,1-2H3. The first-order valence-electron chi connectivity index (χ1n) is 6.44. The molecule has 100 valence electrons. The highest BCUT2D eigenvalue weighted by Crippen LogP contribution is 2.33. The van der Waals surface area contributed by atoms with E-state index in [1.807, 2.05) is 30.0 Å². The van der Waals surface area contributed by atoms with Gasteiger partial charge in [-0.05, 0) is 32.0 Å². The Morgan fingerprint density at radius 2 is 2.16 bits per heavy atom. The van der Waals surface area contributed by atoms with E-state index < -0.39 is 0 Å². The summed E-state index contributed by atoms with van der Waals surface area (Å²) in [5.74, 6) is 2.16. The zero-order valence-corrected chi connectivity index (χ0v) is 12.1. The van der Waals surface area contributed by atoms with Gasteiger partial charge in [-0.3, -0.25) is 0 Å². The van der Waals surface area contributed by atoms with Crippen molar-refractivity contribution in [3.63, 3.8) is 0 Å². The summed E-state index contributed by atoms with van der Waals surface area (Å²) in [6.45, 7) is 6.61. The maximum atomic E-state index is 5.82. The second kappa shape index (κ2) is 4.56. The van der Waals surface area contributed by atoms with Crippen molar-refractivity contribution in [2.75, 3.05) is 29.5 Å². The molecule has 4 nitrogen and oxygen atoms in total. The molecule has 1 aromatic heterocycles. The van der Waals surface area contributed by atoms with Gasteiger partial charge in [-0.25, -0.2) is 9.97 Å². The Labute approximate surface area is 117 Å². The fraction of sp³-hybridized carbons (Fsp3) is 0.429. The smallest absolute Gasteiger partial charge is 0.139 e. The van der Waals surface area contributed by atoms with Gasteiger partial charge in [0.05, 0.1) is 5.52 Å². The van der Waals surface area contributed by atoms with Crippen molar-refractivity contribution in [1.82, 2.24) is 9.97 Å². The van der Waals surface area contributed by atoms with Crippen LogP contribution in [0.2, 0.25) is 0 Å². The molecule has 0 spiro atoms. The predicted molar refractivity (Wildman–Crippen MR) is 82.7 cm³/mol. The molecule has 19 heavy (non-hydrogen) atoms. The minimum absolute atomic E-state index is 0.267. The fourth-order valence-corrected chi connectivity index (χ4v) is 3.62. The van der Waals surface area contributed by atoms with Crippen molar-refractivity contribution in [2.24, 2.45) is 0 Å². The Morgan fingerprint density at radius 1 is 1.32 bits per heavy atom. The molecule has 1 aliphatic rings. The van der Waals surface area contributed by atoms with Crippen molar-refractivity contribution in [1.29, 1.82) is 0 Å². The van der Waals surface area contributed by atoms with E-state index in [0.29, 0.717) is 0 Å². The van der Waals surface area contributed by atoms with Crippen LogP contribution in [0, 0.1) is 0 Å². The van der Waals surface area contributed by atoms with E-state index in [4.69, 9.17) is 5.73 Å². The molecule has 1 fully saturated rings. The van der Waals surface area contributed by atoms with Crippen LogP contribution in [0.3, 0.4) is 0 Å². The summed E-state index contributed by atoms with van der Waals surface area (Å²) < 4.78 is 0.267. The number of benzene rings is 1. The quantitative estimate of drug-likeness (QED) is 0.810. The lowest BCUT2D eigenvalue weighted by Crippen LogP contribution is -2.43. The van der Waals surface area contributed by atoms with Gasteiger partial charge in [0.15, 0.2) is 0 Å². The molecule has 2 heterocycles. The third kappa shape index (κ3) is 2.47. The number of rotatable bonds is 1. The van der Waals surface area contributed by atoms with Crippen molar-refractivity contribution in [2.45, 2.75) is 18.6 Å². The lowest BCUT2D eigenvalue weighted by Gasteiger charge is -2.38. The molecule has 0 atom stereocenters. The third-order valence-electron chi connectivity index (χ3n) is 3.36. The number of thioether (sulfide) groups is 1. The van der Waals surface area contributed by atoms with Crippen molar-refractivity contribution < 1.29 is 0 Å². The number of nitrogen functional groups attached to an aromatic ring is 1. The van der Waals surface area contributed by atoms with Gasteiger partial charge in [-0.15, -0.1) is 0 Å². The molecule has 1 aromatic carbocycles. The number of nitrogens with zero attached hydrogens (tertiary/aromatic N) is 3. The van der Waals surface area contributed by atoms with Crippen LogP contribution in [0.15, 0.2) is 24.5 Å². The van der Waals surface area contributed by atoms with Crippen LogP contribution in [0.25, 0.3) is 10.9 Å². The van der Waals surface area contributed by atoms with E-state index in [0.717, 1.165) is 41.3 Å². The summed E-state index contributed by atoms with van der Waals surface area (Å²) in [4.78, 5) is 11.2. The molecule has 0 unspecified atom stereocenters. The highest BCUT2D eigenvalue weighted by atomic mass is 32.2. The Hall–Kier alpha value is -1.49. The molecule has 2 aromatic rings. The normalized spacial score (nSPS) is 18.7. The molecular weight excluding hydrogens is 256 g/mol. The van der Waals surface area contributed by atoms with Gasteiger partial charge in [0.1, 0.15) is 12.1 Å². The molecule has 0 radical (unpaired) electrons. The third-order valence-corrected chi connectivity index (χ3v) is 4.66. The van der Waals surface area contributed by atoms with E-state index in [-0.39, 0.29) is 4.75 Å². The van der Waals surface area contributed by atoms with Gasteiger partial charge in [0.2, 0.25) is 0 Å². The van der Waals surface area contributed by atoms with Crippen LogP contribution in [0.5, 0.6) is 0 Å². The topological polar surface area (TPSA) is 55.0 Å². The molecule has 2 N–H and O–H groups in total. The van der Waals surface area contributed by atoms with Gasteiger partial charge < -0.3 is 10.6 Å². The minimum Gasteiger partial charge on any atom is -0.399 e. The second-order valence-electron chi connectivity index (χ2n) is 5.50.